The number of hydrogen-bond acceptors (Lipinski definition) is 1. The first kappa shape index (κ1) is 15.6. The van der Waals surface area contributed by atoms with Crippen molar-refractivity contribution in [3.8, 4) is 0 Å². The number of allylic oxidation sites excluding steroid dienone is 1. The van der Waals surface area contributed by atoms with Gasteiger partial charge in [0.2, 0.25) is 0 Å². The molecule has 0 atom stereocenters. The Morgan fingerprint density at radius 3 is 1.74 bits per heavy atom. The SMILES string of the molecule is C/C(=C\CO)c1cc(C(F)(F)F)cc(C(F)(F)F)c1. The van der Waals surface area contributed by atoms with Gasteiger partial charge < -0.3 is 5.11 Å². The summed E-state index contributed by atoms with van der Waals surface area (Å²) >= 11 is 0. The van der Waals surface area contributed by atoms with Crippen molar-refractivity contribution in [1.82, 2.24) is 0 Å². The second-order valence-corrected chi connectivity index (χ2v) is 3.86. The Hall–Kier alpha value is -1.50. The van der Waals surface area contributed by atoms with Gasteiger partial charge in [-0.05, 0) is 36.3 Å². The van der Waals surface area contributed by atoms with E-state index in [-0.39, 0.29) is 17.2 Å². The molecule has 0 radical (unpaired) electrons. The molecule has 0 saturated carbocycles. The molecule has 0 spiro atoms. The summed E-state index contributed by atoms with van der Waals surface area (Å²) in [4.78, 5) is 0. The third-order valence-corrected chi connectivity index (χ3v) is 2.44. The molecule has 0 heterocycles. The van der Waals surface area contributed by atoms with Crippen molar-refractivity contribution in [3.05, 3.63) is 41.0 Å². The van der Waals surface area contributed by atoms with Crippen LogP contribution >= 0.6 is 0 Å². The van der Waals surface area contributed by atoms with Crippen LogP contribution in [0.25, 0.3) is 5.57 Å². The number of alkyl halides is 6. The Balaban J connectivity index is 3.46. The minimum atomic E-state index is -4.87. The van der Waals surface area contributed by atoms with Gasteiger partial charge in [0.05, 0.1) is 17.7 Å². The van der Waals surface area contributed by atoms with E-state index in [0.717, 1.165) is 6.08 Å². The Morgan fingerprint density at radius 1 is 1.00 bits per heavy atom. The van der Waals surface area contributed by atoms with Crippen molar-refractivity contribution in [2.24, 2.45) is 0 Å². The van der Waals surface area contributed by atoms with E-state index in [2.05, 4.69) is 0 Å². The van der Waals surface area contributed by atoms with Crippen molar-refractivity contribution in [1.29, 1.82) is 0 Å². The molecule has 0 saturated heterocycles. The third kappa shape index (κ3) is 3.99. The summed E-state index contributed by atoms with van der Waals surface area (Å²) in [7, 11) is 0. The molecule has 1 aromatic rings. The van der Waals surface area contributed by atoms with Gasteiger partial charge >= 0.3 is 12.4 Å². The summed E-state index contributed by atoms with van der Waals surface area (Å²) < 4.78 is 75.3. The molecule has 1 N–H and O–H groups in total. The minimum absolute atomic E-state index is 0.0652. The molecule has 7 heteroatoms. The summed E-state index contributed by atoms with van der Waals surface area (Å²) in [6, 6.07) is 1.31. The quantitative estimate of drug-likeness (QED) is 0.810. The number of hydrogen-bond donors (Lipinski definition) is 1. The molecular weight excluding hydrogens is 274 g/mol. The number of benzene rings is 1. The van der Waals surface area contributed by atoms with Gasteiger partial charge in [-0.2, -0.15) is 26.3 Å². The summed E-state index contributed by atoms with van der Waals surface area (Å²) in [5.74, 6) is 0. The number of halogens is 6. The van der Waals surface area contributed by atoms with Crippen LogP contribution < -0.4 is 0 Å². The van der Waals surface area contributed by atoms with Crippen molar-refractivity contribution in [3.63, 3.8) is 0 Å². The van der Waals surface area contributed by atoms with Crippen LogP contribution in [0.4, 0.5) is 26.3 Å². The number of rotatable bonds is 2. The van der Waals surface area contributed by atoms with E-state index in [9.17, 15) is 26.3 Å². The maximum Gasteiger partial charge on any atom is 0.416 e. The van der Waals surface area contributed by atoms with Crippen molar-refractivity contribution >= 4 is 5.57 Å². The molecule has 0 aliphatic carbocycles. The minimum Gasteiger partial charge on any atom is -0.392 e. The van der Waals surface area contributed by atoms with Crippen LogP contribution in [0.3, 0.4) is 0 Å². The maximum atomic E-state index is 12.5. The monoisotopic (exact) mass is 284 g/mol. The van der Waals surface area contributed by atoms with Crippen LogP contribution in [-0.4, -0.2) is 11.7 Å². The lowest BCUT2D eigenvalue weighted by Gasteiger charge is -2.14. The van der Waals surface area contributed by atoms with Gasteiger partial charge in [0.1, 0.15) is 0 Å². The van der Waals surface area contributed by atoms with Gasteiger partial charge in [0.15, 0.2) is 0 Å². The van der Waals surface area contributed by atoms with Crippen LogP contribution in [0.1, 0.15) is 23.6 Å². The lowest BCUT2D eigenvalue weighted by molar-refractivity contribution is -0.143. The molecule has 0 aliphatic rings. The summed E-state index contributed by atoms with van der Waals surface area (Å²) in [5.41, 5.74) is -2.83. The highest BCUT2D eigenvalue weighted by Crippen LogP contribution is 2.37. The summed E-state index contributed by atoms with van der Waals surface area (Å²) in [5, 5.41) is 8.64. The van der Waals surface area contributed by atoms with Crippen LogP contribution in [0.2, 0.25) is 0 Å². The predicted molar refractivity (Wildman–Crippen MR) is 57.2 cm³/mol. The Morgan fingerprint density at radius 2 is 1.42 bits per heavy atom. The summed E-state index contributed by atoms with van der Waals surface area (Å²) in [6.45, 7) is 0.856. The standard InChI is InChI=1S/C12H10F6O/c1-7(2-3-19)8-4-9(11(13,14)15)6-10(5-8)12(16,17)18/h2,4-6,19H,3H2,1H3/b7-2+. The van der Waals surface area contributed by atoms with Crippen molar-refractivity contribution in [2.45, 2.75) is 19.3 Å². The zero-order valence-corrected chi connectivity index (χ0v) is 9.73. The highest BCUT2D eigenvalue weighted by molar-refractivity contribution is 5.65. The Labute approximate surface area is 105 Å². The Bertz CT molecular complexity index is 452. The van der Waals surface area contributed by atoms with Crippen LogP contribution in [0, 0.1) is 0 Å². The first-order chi connectivity index (χ1) is 8.55. The van der Waals surface area contributed by atoms with E-state index >= 15 is 0 Å². The highest BCUT2D eigenvalue weighted by Gasteiger charge is 2.36. The molecule has 0 unspecified atom stereocenters. The van der Waals surface area contributed by atoms with Gasteiger partial charge in [-0.15, -0.1) is 0 Å². The average Bonchev–Trinajstić information content (AvgIpc) is 2.26. The fraction of sp³-hybridized carbons (Fsp3) is 0.333. The predicted octanol–water partition coefficient (Wildman–Crippen LogP) is 4.12. The molecule has 19 heavy (non-hydrogen) atoms. The van der Waals surface area contributed by atoms with Gasteiger partial charge in [-0.25, -0.2) is 0 Å². The molecule has 0 bridgehead atoms. The molecule has 0 fully saturated rings. The van der Waals surface area contributed by atoms with Crippen molar-refractivity contribution in [2.75, 3.05) is 6.61 Å². The molecule has 1 nitrogen and oxygen atoms in total. The lowest BCUT2D eigenvalue weighted by atomic mass is 10.00. The molecule has 0 aromatic heterocycles. The van der Waals surface area contributed by atoms with E-state index in [0.29, 0.717) is 12.1 Å². The van der Waals surface area contributed by atoms with Crippen LogP contribution in [0.5, 0.6) is 0 Å². The van der Waals surface area contributed by atoms with Gasteiger partial charge in [-0.3, -0.25) is 0 Å². The highest BCUT2D eigenvalue weighted by atomic mass is 19.4. The lowest BCUT2D eigenvalue weighted by Crippen LogP contribution is -2.11. The van der Waals surface area contributed by atoms with Crippen molar-refractivity contribution < 1.29 is 31.4 Å². The van der Waals surface area contributed by atoms with E-state index in [4.69, 9.17) is 5.11 Å². The van der Waals surface area contributed by atoms with E-state index in [1.807, 2.05) is 0 Å². The van der Waals surface area contributed by atoms with Gasteiger partial charge in [0.25, 0.3) is 0 Å². The van der Waals surface area contributed by atoms with Crippen LogP contribution in [-0.2, 0) is 12.4 Å². The second-order valence-electron chi connectivity index (χ2n) is 3.86. The largest absolute Gasteiger partial charge is 0.416 e. The average molecular weight is 284 g/mol. The third-order valence-electron chi connectivity index (χ3n) is 2.44. The second kappa shape index (κ2) is 5.24. The first-order valence-corrected chi connectivity index (χ1v) is 5.13. The first-order valence-electron chi connectivity index (χ1n) is 5.13. The summed E-state index contributed by atoms with van der Waals surface area (Å²) in [6.07, 6.45) is -8.60. The topological polar surface area (TPSA) is 20.2 Å². The van der Waals surface area contributed by atoms with Crippen LogP contribution in [0.15, 0.2) is 24.3 Å². The van der Waals surface area contributed by atoms with E-state index in [1.165, 1.54) is 6.92 Å². The molecule has 106 valence electrons. The number of aliphatic hydroxyl groups is 1. The van der Waals surface area contributed by atoms with E-state index in [1.54, 1.807) is 0 Å². The molecule has 1 rings (SSSR count). The van der Waals surface area contributed by atoms with E-state index < -0.39 is 30.1 Å². The molecule has 0 amide bonds. The molecule has 0 aliphatic heterocycles. The zero-order valence-electron chi connectivity index (χ0n) is 9.73. The Kier molecular flexibility index (Phi) is 4.29. The molecular formula is C12H10F6O. The fourth-order valence-electron chi connectivity index (χ4n) is 1.44. The fourth-order valence-corrected chi connectivity index (χ4v) is 1.44. The molecule has 1 aromatic carbocycles. The smallest absolute Gasteiger partial charge is 0.392 e. The normalized spacial score (nSPS) is 13.8. The van der Waals surface area contributed by atoms with Gasteiger partial charge in [-0.1, -0.05) is 6.08 Å². The zero-order chi connectivity index (χ0) is 14.8. The number of aliphatic hydroxyl groups excluding tert-OH is 1. The van der Waals surface area contributed by atoms with Gasteiger partial charge in [0, 0.05) is 0 Å². The maximum absolute atomic E-state index is 12.5.